The van der Waals surface area contributed by atoms with Crippen molar-refractivity contribution in [3.63, 3.8) is 0 Å². The Morgan fingerprint density at radius 3 is 2.30 bits per heavy atom. The van der Waals surface area contributed by atoms with Crippen molar-refractivity contribution in [1.82, 2.24) is 10.2 Å². The minimum Gasteiger partial charge on any atom is -0.477 e. The van der Waals surface area contributed by atoms with Gasteiger partial charge in [-0.25, -0.2) is 4.79 Å². The summed E-state index contributed by atoms with van der Waals surface area (Å²) in [5.41, 5.74) is 0. The number of hydrogen-bond donors (Lipinski definition) is 2. The van der Waals surface area contributed by atoms with E-state index in [9.17, 15) is 14.4 Å². The molecule has 0 aliphatic heterocycles. The lowest BCUT2D eigenvalue weighted by Gasteiger charge is -2.18. The van der Waals surface area contributed by atoms with Gasteiger partial charge >= 0.3 is 5.97 Å². The van der Waals surface area contributed by atoms with Crippen molar-refractivity contribution in [1.29, 1.82) is 0 Å². The van der Waals surface area contributed by atoms with Gasteiger partial charge in [0.1, 0.15) is 4.88 Å². The van der Waals surface area contributed by atoms with E-state index >= 15 is 0 Å². The van der Waals surface area contributed by atoms with Crippen molar-refractivity contribution in [2.45, 2.75) is 20.3 Å². The van der Waals surface area contributed by atoms with Crippen LogP contribution in [-0.4, -0.2) is 47.4 Å². The van der Waals surface area contributed by atoms with E-state index in [0.717, 1.165) is 11.3 Å². The summed E-state index contributed by atoms with van der Waals surface area (Å²) in [6, 6.07) is 2.86. The van der Waals surface area contributed by atoms with E-state index in [2.05, 4.69) is 5.32 Å². The number of amides is 2. The summed E-state index contributed by atoms with van der Waals surface area (Å²) >= 11 is 0.916. The standard InChI is InChI=1S/C13H18N2O4S/c1-3-15(4-2)11(16)7-8-14-12(17)9-5-6-10(20-9)13(18)19/h5-6H,3-4,7-8H2,1-2H3,(H,14,17)(H,18,19). The van der Waals surface area contributed by atoms with Crippen LogP contribution in [0.2, 0.25) is 0 Å². The molecule has 0 bridgehead atoms. The first-order valence-electron chi connectivity index (χ1n) is 6.38. The second kappa shape index (κ2) is 7.64. The molecule has 1 aromatic rings. The lowest BCUT2D eigenvalue weighted by atomic mass is 10.3. The first-order chi connectivity index (χ1) is 9.49. The number of thiophene rings is 1. The maximum atomic E-state index is 11.8. The second-order valence-electron chi connectivity index (χ2n) is 4.04. The lowest BCUT2D eigenvalue weighted by molar-refractivity contribution is -0.130. The molecule has 7 heteroatoms. The van der Waals surface area contributed by atoms with Crippen molar-refractivity contribution in [3.05, 3.63) is 21.9 Å². The van der Waals surface area contributed by atoms with Gasteiger partial charge in [-0.1, -0.05) is 0 Å². The molecule has 1 aromatic heterocycles. The molecule has 0 aliphatic rings. The molecule has 0 fully saturated rings. The fourth-order valence-electron chi connectivity index (χ4n) is 1.68. The summed E-state index contributed by atoms with van der Waals surface area (Å²) in [7, 11) is 0. The Balaban J connectivity index is 2.43. The number of nitrogens with zero attached hydrogens (tertiary/aromatic N) is 1. The van der Waals surface area contributed by atoms with Crippen LogP contribution in [0.4, 0.5) is 0 Å². The molecule has 0 spiro atoms. The van der Waals surface area contributed by atoms with Crippen LogP contribution in [0.5, 0.6) is 0 Å². The molecule has 110 valence electrons. The fourth-order valence-corrected chi connectivity index (χ4v) is 2.44. The van der Waals surface area contributed by atoms with Crippen LogP contribution in [0.3, 0.4) is 0 Å². The Kier molecular flexibility index (Phi) is 6.17. The summed E-state index contributed by atoms with van der Waals surface area (Å²) < 4.78 is 0. The molecule has 0 aliphatic carbocycles. The highest BCUT2D eigenvalue weighted by atomic mass is 32.1. The molecule has 20 heavy (non-hydrogen) atoms. The van der Waals surface area contributed by atoms with E-state index in [0.29, 0.717) is 18.0 Å². The number of aromatic carboxylic acids is 1. The molecule has 2 N–H and O–H groups in total. The number of carboxylic acids is 1. The largest absolute Gasteiger partial charge is 0.477 e. The topological polar surface area (TPSA) is 86.7 Å². The highest BCUT2D eigenvalue weighted by Gasteiger charge is 2.14. The normalized spacial score (nSPS) is 10.1. The van der Waals surface area contributed by atoms with Gasteiger partial charge in [0.2, 0.25) is 5.91 Å². The van der Waals surface area contributed by atoms with Gasteiger partial charge in [-0.15, -0.1) is 11.3 Å². The molecule has 0 saturated heterocycles. The first-order valence-corrected chi connectivity index (χ1v) is 7.20. The van der Waals surface area contributed by atoms with Gasteiger partial charge < -0.3 is 15.3 Å². The fraction of sp³-hybridized carbons (Fsp3) is 0.462. The summed E-state index contributed by atoms with van der Waals surface area (Å²) in [6.07, 6.45) is 0.241. The van der Waals surface area contributed by atoms with Gasteiger partial charge in [0.15, 0.2) is 0 Å². The van der Waals surface area contributed by atoms with Crippen molar-refractivity contribution < 1.29 is 19.5 Å². The van der Waals surface area contributed by atoms with Gasteiger partial charge in [0.05, 0.1) is 4.88 Å². The van der Waals surface area contributed by atoms with Gasteiger partial charge in [0.25, 0.3) is 5.91 Å². The van der Waals surface area contributed by atoms with Crippen LogP contribution >= 0.6 is 11.3 Å². The summed E-state index contributed by atoms with van der Waals surface area (Å²) in [6.45, 7) is 5.35. The summed E-state index contributed by atoms with van der Waals surface area (Å²) in [4.78, 5) is 36.3. The van der Waals surface area contributed by atoms with Crippen LogP contribution in [-0.2, 0) is 4.79 Å². The van der Waals surface area contributed by atoms with E-state index in [4.69, 9.17) is 5.11 Å². The van der Waals surface area contributed by atoms with Crippen molar-refractivity contribution in [2.75, 3.05) is 19.6 Å². The Morgan fingerprint density at radius 2 is 1.80 bits per heavy atom. The number of nitrogens with one attached hydrogen (secondary N) is 1. The SMILES string of the molecule is CCN(CC)C(=O)CCNC(=O)c1ccc(C(=O)O)s1. The van der Waals surface area contributed by atoms with E-state index in [1.165, 1.54) is 12.1 Å². The molecule has 2 amide bonds. The molecule has 1 rings (SSSR count). The number of carbonyl (C=O) groups excluding carboxylic acids is 2. The molecular weight excluding hydrogens is 280 g/mol. The maximum absolute atomic E-state index is 11.8. The van der Waals surface area contributed by atoms with Crippen LogP contribution < -0.4 is 5.32 Å². The number of carbonyl (C=O) groups is 3. The Bertz CT molecular complexity index is 494. The molecule has 6 nitrogen and oxygen atoms in total. The number of hydrogen-bond acceptors (Lipinski definition) is 4. The minimum atomic E-state index is -1.05. The van der Waals surface area contributed by atoms with E-state index in [1.54, 1.807) is 4.90 Å². The minimum absolute atomic E-state index is 0.00676. The third-order valence-corrected chi connectivity index (χ3v) is 3.85. The van der Waals surface area contributed by atoms with Crippen molar-refractivity contribution in [2.24, 2.45) is 0 Å². The number of carboxylic acid groups (broad SMARTS) is 1. The molecule has 0 atom stereocenters. The Labute approximate surface area is 121 Å². The van der Waals surface area contributed by atoms with Crippen LogP contribution in [0.25, 0.3) is 0 Å². The summed E-state index contributed by atoms with van der Waals surface area (Å²) in [5, 5.41) is 11.4. The molecule has 0 saturated carbocycles. The van der Waals surface area contributed by atoms with E-state index < -0.39 is 5.97 Å². The number of rotatable bonds is 7. The van der Waals surface area contributed by atoms with Gasteiger partial charge in [0, 0.05) is 26.1 Å². The average Bonchev–Trinajstić information content (AvgIpc) is 2.89. The quantitative estimate of drug-likeness (QED) is 0.797. The summed E-state index contributed by atoms with van der Waals surface area (Å²) in [5.74, 6) is -1.41. The van der Waals surface area contributed by atoms with Crippen LogP contribution in [0, 0.1) is 0 Å². The zero-order valence-corrected chi connectivity index (χ0v) is 12.3. The second-order valence-corrected chi connectivity index (χ2v) is 5.12. The third kappa shape index (κ3) is 4.34. The molecule has 0 unspecified atom stereocenters. The zero-order chi connectivity index (χ0) is 15.1. The zero-order valence-electron chi connectivity index (χ0n) is 11.5. The molecule has 0 aromatic carbocycles. The third-order valence-electron chi connectivity index (χ3n) is 2.78. The maximum Gasteiger partial charge on any atom is 0.345 e. The first kappa shape index (κ1) is 16.2. The Morgan fingerprint density at radius 1 is 1.20 bits per heavy atom. The lowest BCUT2D eigenvalue weighted by Crippen LogP contribution is -2.34. The van der Waals surface area contributed by atoms with E-state index in [1.807, 2.05) is 13.8 Å². The average molecular weight is 298 g/mol. The highest BCUT2D eigenvalue weighted by molar-refractivity contribution is 7.15. The predicted molar refractivity (Wildman–Crippen MR) is 76.2 cm³/mol. The smallest absolute Gasteiger partial charge is 0.345 e. The van der Waals surface area contributed by atoms with Gasteiger partial charge in [-0.2, -0.15) is 0 Å². The van der Waals surface area contributed by atoms with Crippen molar-refractivity contribution >= 4 is 29.1 Å². The van der Waals surface area contributed by atoms with E-state index in [-0.39, 0.29) is 29.7 Å². The van der Waals surface area contributed by atoms with Crippen molar-refractivity contribution in [3.8, 4) is 0 Å². The predicted octanol–water partition coefficient (Wildman–Crippen LogP) is 1.43. The molecular formula is C13H18N2O4S. The van der Waals surface area contributed by atoms with Gasteiger partial charge in [-0.05, 0) is 26.0 Å². The molecule has 1 heterocycles. The highest BCUT2D eigenvalue weighted by Crippen LogP contribution is 2.16. The monoisotopic (exact) mass is 298 g/mol. The van der Waals surface area contributed by atoms with Gasteiger partial charge in [-0.3, -0.25) is 9.59 Å². The van der Waals surface area contributed by atoms with Crippen LogP contribution in [0.15, 0.2) is 12.1 Å². The molecule has 0 radical (unpaired) electrons. The Hall–Kier alpha value is -1.89. The van der Waals surface area contributed by atoms with Crippen LogP contribution in [0.1, 0.15) is 39.6 Å².